The molecule has 6 nitrogen and oxygen atoms in total. The summed E-state index contributed by atoms with van der Waals surface area (Å²) in [5.41, 5.74) is 2.60. The van der Waals surface area contributed by atoms with Crippen molar-refractivity contribution in [2.75, 3.05) is 6.54 Å². The minimum Gasteiger partial charge on any atom is -0.464 e. The van der Waals surface area contributed by atoms with Crippen molar-refractivity contribution >= 4 is 17.2 Å². The molecule has 1 aromatic carbocycles. The smallest absolute Gasteiger partial charge is 0.271 e. The van der Waals surface area contributed by atoms with Crippen molar-refractivity contribution in [1.82, 2.24) is 15.1 Å². The zero-order valence-corrected chi connectivity index (χ0v) is 17.0. The highest BCUT2D eigenvalue weighted by Gasteiger charge is 2.16. The fourth-order valence-electron chi connectivity index (χ4n) is 2.64. The van der Waals surface area contributed by atoms with Crippen molar-refractivity contribution in [2.45, 2.75) is 33.3 Å². The van der Waals surface area contributed by atoms with Crippen LogP contribution in [0.25, 0.3) is 5.69 Å². The Bertz CT molecular complexity index is 1010. The SMILES string of the molecule is Cc1ccc(-n2nc(OC(C)C(=O)NCCc3cccs3)ccc2=O)cc1C. The molecule has 0 bridgehead atoms. The second-order valence-corrected chi connectivity index (χ2v) is 7.60. The predicted octanol–water partition coefficient (Wildman–Crippen LogP) is 3.04. The minimum atomic E-state index is -0.721. The molecule has 0 saturated carbocycles. The van der Waals surface area contributed by atoms with E-state index in [1.165, 1.54) is 21.7 Å². The van der Waals surface area contributed by atoms with Crippen molar-refractivity contribution in [3.05, 3.63) is 74.2 Å². The summed E-state index contributed by atoms with van der Waals surface area (Å²) in [5, 5.41) is 9.13. The van der Waals surface area contributed by atoms with E-state index in [9.17, 15) is 9.59 Å². The van der Waals surface area contributed by atoms with Gasteiger partial charge in [-0.3, -0.25) is 9.59 Å². The molecule has 0 saturated heterocycles. The molecule has 1 amide bonds. The molecule has 0 spiro atoms. The van der Waals surface area contributed by atoms with E-state index in [0.29, 0.717) is 12.2 Å². The molecular weight excluding hydrogens is 374 g/mol. The van der Waals surface area contributed by atoms with Crippen LogP contribution in [0.1, 0.15) is 22.9 Å². The van der Waals surface area contributed by atoms with Crippen molar-refractivity contribution < 1.29 is 9.53 Å². The summed E-state index contributed by atoms with van der Waals surface area (Å²) in [7, 11) is 0. The van der Waals surface area contributed by atoms with Gasteiger partial charge in [0.05, 0.1) is 5.69 Å². The van der Waals surface area contributed by atoms with Gasteiger partial charge in [0.1, 0.15) is 0 Å². The number of carbonyl (C=O) groups excluding carboxylic acids is 1. The van der Waals surface area contributed by atoms with E-state index in [1.54, 1.807) is 18.3 Å². The number of amides is 1. The van der Waals surface area contributed by atoms with E-state index in [0.717, 1.165) is 17.5 Å². The van der Waals surface area contributed by atoms with Gasteiger partial charge < -0.3 is 10.1 Å². The molecule has 3 aromatic rings. The highest BCUT2D eigenvalue weighted by Crippen LogP contribution is 2.14. The van der Waals surface area contributed by atoms with Crippen LogP contribution in [-0.4, -0.2) is 28.3 Å². The van der Waals surface area contributed by atoms with E-state index in [4.69, 9.17) is 4.74 Å². The number of benzene rings is 1. The maximum atomic E-state index is 12.3. The average molecular weight is 398 g/mol. The third kappa shape index (κ3) is 4.86. The Hall–Kier alpha value is -2.93. The number of hydrogen-bond donors (Lipinski definition) is 1. The largest absolute Gasteiger partial charge is 0.464 e. The van der Waals surface area contributed by atoms with Gasteiger partial charge in [0.25, 0.3) is 11.5 Å². The van der Waals surface area contributed by atoms with Gasteiger partial charge in [-0.15, -0.1) is 16.4 Å². The zero-order valence-electron chi connectivity index (χ0n) is 16.1. The van der Waals surface area contributed by atoms with Crippen LogP contribution in [0.5, 0.6) is 5.88 Å². The Morgan fingerprint density at radius 2 is 2.04 bits per heavy atom. The normalized spacial score (nSPS) is 11.8. The molecule has 0 fully saturated rings. The maximum absolute atomic E-state index is 12.3. The number of rotatable bonds is 7. The lowest BCUT2D eigenvalue weighted by atomic mass is 10.1. The monoisotopic (exact) mass is 397 g/mol. The lowest BCUT2D eigenvalue weighted by Crippen LogP contribution is -2.37. The molecule has 146 valence electrons. The van der Waals surface area contributed by atoms with Gasteiger partial charge in [-0.05, 0) is 61.9 Å². The standard InChI is InChI=1S/C21H23N3O3S/c1-14-6-7-17(13-15(14)2)24-20(25)9-8-19(23-24)27-16(3)21(26)22-11-10-18-5-4-12-28-18/h4-9,12-13,16H,10-11H2,1-3H3,(H,22,26). The van der Waals surface area contributed by atoms with Crippen LogP contribution in [0.3, 0.4) is 0 Å². The van der Waals surface area contributed by atoms with Gasteiger partial charge in [0.15, 0.2) is 6.10 Å². The summed E-state index contributed by atoms with van der Waals surface area (Å²) in [6.45, 7) is 6.19. The molecule has 1 atom stereocenters. The summed E-state index contributed by atoms with van der Waals surface area (Å²) in [5.74, 6) is 0.000946. The van der Waals surface area contributed by atoms with Gasteiger partial charge in [0.2, 0.25) is 5.88 Å². The summed E-state index contributed by atoms with van der Waals surface area (Å²) >= 11 is 1.66. The molecule has 2 aromatic heterocycles. The zero-order chi connectivity index (χ0) is 20.1. The van der Waals surface area contributed by atoms with Crippen molar-refractivity contribution in [3.63, 3.8) is 0 Å². The third-order valence-electron chi connectivity index (χ3n) is 4.43. The highest BCUT2D eigenvalue weighted by molar-refractivity contribution is 7.09. The molecule has 0 aliphatic heterocycles. The van der Waals surface area contributed by atoms with Crippen LogP contribution in [0, 0.1) is 13.8 Å². The fraction of sp³-hybridized carbons (Fsp3) is 0.286. The molecular formula is C21H23N3O3S. The molecule has 1 N–H and O–H groups in total. The Kier molecular flexibility index (Phi) is 6.26. The lowest BCUT2D eigenvalue weighted by Gasteiger charge is -2.15. The second-order valence-electron chi connectivity index (χ2n) is 6.57. The first-order chi connectivity index (χ1) is 13.4. The number of ether oxygens (including phenoxy) is 1. The highest BCUT2D eigenvalue weighted by atomic mass is 32.1. The van der Waals surface area contributed by atoms with Crippen molar-refractivity contribution in [3.8, 4) is 11.6 Å². The van der Waals surface area contributed by atoms with E-state index in [1.807, 2.05) is 49.6 Å². The number of nitrogens with one attached hydrogen (secondary N) is 1. The summed E-state index contributed by atoms with van der Waals surface area (Å²) in [6.07, 6.45) is 0.0630. The topological polar surface area (TPSA) is 73.2 Å². The summed E-state index contributed by atoms with van der Waals surface area (Å²) in [6, 6.07) is 12.6. The molecule has 2 heterocycles. The van der Waals surface area contributed by atoms with Crippen LogP contribution < -0.4 is 15.6 Å². The Balaban J connectivity index is 1.65. The summed E-state index contributed by atoms with van der Waals surface area (Å²) < 4.78 is 6.94. The first-order valence-corrected chi connectivity index (χ1v) is 9.97. The van der Waals surface area contributed by atoms with Gasteiger partial charge in [-0.1, -0.05) is 12.1 Å². The summed E-state index contributed by atoms with van der Waals surface area (Å²) in [4.78, 5) is 25.7. The third-order valence-corrected chi connectivity index (χ3v) is 5.36. The number of aromatic nitrogens is 2. The Labute approximate surface area is 167 Å². The number of hydrogen-bond acceptors (Lipinski definition) is 5. The van der Waals surface area contributed by atoms with E-state index in [2.05, 4.69) is 10.4 Å². The Morgan fingerprint density at radius 1 is 1.21 bits per heavy atom. The maximum Gasteiger partial charge on any atom is 0.271 e. The lowest BCUT2D eigenvalue weighted by molar-refractivity contribution is -0.127. The molecule has 0 aliphatic rings. The van der Waals surface area contributed by atoms with Gasteiger partial charge in [-0.25, -0.2) is 0 Å². The Morgan fingerprint density at radius 3 is 2.75 bits per heavy atom. The van der Waals surface area contributed by atoms with Crippen LogP contribution >= 0.6 is 11.3 Å². The van der Waals surface area contributed by atoms with Crippen LogP contribution in [0.15, 0.2) is 52.6 Å². The molecule has 0 radical (unpaired) electrons. The second kappa shape index (κ2) is 8.84. The number of aryl methyl sites for hydroxylation is 2. The first kappa shape index (κ1) is 19.8. The van der Waals surface area contributed by atoms with E-state index in [-0.39, 0.29) is 17.3 Å². The molecule has 7 heteroatoms. The number of thiophene rings is 1. The average Bonchev–Trinajstić information content (AvgIpc) is 3.19. The van der Waals surface area contributed by atoms with Gasteiger partial charge in [0, 0.05) is 23.6 Å². The molecule has 0 aliphatic carbocycles. The quantitative estimate of drug-likeness (QED) is 0.665. The molecule has 1 unspecified atom stereocenters. The number of carbonyl (C=O) groups is 1. The molecule has 3 rings (SSSR count). The van der Waals surface area contributed by atoms with Crippen LogP contribution in [-0.2, 0) is 11.2 Å². The van der Waals surface area contributed by atoms with Crippen LogP contribution in [0.4, 0.5) is 0 Å². The van der Waals surface area contributed by atoms with Gasteiger partial charge in [-0.2, -0.15) is 4.68 Å². The van der Waals surface area contributed by atoms with Gasteiger partial charge >= 0.3 is 0 Å². The van der Waals surface area contributed by atoms with Crippen molar-refractivity contribution in [2.24, 2.45) is 0 Å². The number of nitrogens with zero attached hydrogens (tertiary/aromatic N) is 2. The van der Waals surface area contributed by atoms with Crippen LogP contribution in [0.2, 0.25) is 0 Å². The predicted molar refractivity (Wildman–Crippen MR) is 110 cm³/mol. The first-order valence-electron chi connectivity index (χ1n) is 9.09. The minimum absolute atomic E-state index is 0.220. The van der Waals surface area contributed by atoms with Crippen molar-refractivity contribution in [1.29, 1.82) is 0 Å². The molecule has 28 heavy (non-hydrogen) atoms. The van der Waals surface area contributed by atoms with E-state index < -0.39 is 6.10 Å². The van der Waals surface area contributed by atoms with E-state index >= 15 is 0 Å². The fourth-order valence-corrected chi connectivity index (χ4v) is 3.35.